The molecule has 17 heavy (non-hydrogen) atoms. The molecule has 1 aromatic carbocycles. The Morgan fingerprint density at radius 2 is 2.00 bits per heavy atom. The number of allylic oxidation sites excluding steroid dienone is 1. The van der Waals surface area contributed by atoms with Crippen molar-refractivity contribution in [3.8, 4) is 0 Å². The van der Waals surface area contributed by atoms with Crippen LogP contribution >= 0.6 is 0 Å². The largest absolute Gasteiger partial charge is 0.296 e. The highest BCUT2D eigenvalue weighted by Crippen LogP contribution is 2.35. The van der Waals surface area contributed by atoms with Crippen molar-refractivity contribution < 1.29 is 9.59 Å². The zero-order valence-electron chi connectivity index (χ0n) is 9.61. The van der Waals surface area contributed by atoms with Gasteiger partial charge in [-0.25, -0.2) is 0 Å². The Morgan fingerprint density at radius 3 is 2.59 bits per heavy atom. The van der Waals surface area contributed by atoms with E-state index in [-0.39, 0.29) is 11.8 Å². The van der Waals surface area contributed by atoms with Gasteiger partial charge < -0.3 is 0 Å². The number of benzene rings is 1. The average Bonchev–Trinajstić information content (AvgIpc) is 2.34. The van der Waals surface area contributed by atoms with Crippen LogP contribution in [-0.4, -0.2) is 11.8 Å². The summed E-state index contributed by atoms with van der Waals surface area (Å²) < 4.78 is 0. The van der Waals surface area contributed by atoms with Gasteiger partial charge in [0, 0.05) is 6.42 Å². The second-order valence-corrected chi connectivity index (χ2v) is 4.32. The molecule has 3 heteroatoms. The fourth-order valence-corrected chi connectivity index (χ4v) is 2.34. The molecule has 1 saturated heterocycles. The third-order valence-corrected chi connectivity index (χ3v) is 3.29. The summed E-state index contributed by atoms with van der Waals surface area (Å²) in [5, 5.41) is 2.43. The number of carbonyl (C=O) groups is 2. The van der Waals surface area contributed by atoms with Crippen LogP contribution in [0.5, 0.6) is 0 Å². The molecule has 1 N–H and O–H groups in total. The summed E-state index contributed by atoms with van der Waals surface area (Å²) in [4.78, 5) is 23.4. The first kappa shape index (κ1) is 11.6. The average molecular weight is 229 g/mol. The minimum absolute atomic E-state index is 0.189. The van der Waals surface area contributed by atoms with Crippen molar-refractivity contribution in [1.29, 1.82) is 0 Å². The normalized spacial score (nSPS) is 24.2. The van der Waals surface area contributed by atoms with Crippen molar-refractivity contribution in [3.63, 3.8) is 0 Å². The Morgan fingerprint density at radius 1 is 1.29 bits per heavy atom. The molecule has 0 bridgehead atoms. The van der Waals surface area contributed by atoms with Gasteiger partial charge in [0.25, 0.3) is 0 Å². The number of hydrogen-bond acceptors (Lipinski definition) is 2. The fourth-order valence-electron chi connectivity index (χ4n) is 2.34. The number of nitrogens with one attached hydrogen (secondary N) is 1. The molecular formula is C14H15NO2. The summed E-state index contributed by atoms with van der Waals surface area (Å²) in [5.41, 5.74) is 0.321. The summed E-state index contributed by atoms with van der Waals surface area (Å²) >= 11 is 0. The third kappa shape index (κ3) is 2.00. The van der Waals surface area contributed by atoms with Crippen LogP contribution in [0.15, 0.2) is 43.0 Å². The van der Waals surface area contributed by atoms with Crippen LogP contribution in [0.3, 0.4) is 0 Å². The number of piperidine rings is 1. The highest BCUT2D eigenvalue weighted by atomic mass is 16.2. The van der Waals surface area contributed by atoms with Gasteiger partial charge in [0.2, 0.25) is 11.8 Å². The Balaban J connectivity index is 2.42. The summed E-state index contributed by atoms with van der Waals surface area (Å²) in [5.74, 6) is -0.398. The summed E-state index contributed by atoms with van der Waals surface area (Å²) in [7, 11) is 0. The molecule has 1 heterocycles. The predicted octanol–water partition coefficient (Wildman–Crippen LogP) is 1.94. The minimum Gasteiger partial charge on any atom is -0.296 e. The van der Waals surface area contributed by atoms with E-state index in [1.807, 2.05) is 30.3 Å². The maximum absolute atomic E-state index is 12.1. The van der Waals surface area contributed by atoms with E-state index < -0.39 is 5.41 Å². The smallest absolute Gasteiger partial charge is 0.237 e. The maximum Gasteiger partial charge on any atom is 0.237 e. The summed E-state index contributed by atoms with van der Waals surface area (Å²) in [6.45, 7) is 3.71. The molecule has 2 rings (SSSR count). The zero-order valence-corrected chi connectivity index (χ0v) is 9.61. The van der Waals surface area contributed by atoms with Crippen LogP contribution in [0.1, 0.15) is 24.8 Å². The summed E-state index contributed by atoms with van der Waals surface area (Å²) in [6, 6.07) is 9.59. The van der Waals surface area contributed by atoms with E-state index in [2.05, 4.69) is 11.9 Å². The zero-order chi connectivity index (χ0) is 12.3. The molecule has 2 amide bonds. The van der Waals surface area contributed by atoms with E-state index in [4.69, 9.17) is 0 Å². The lowest BCUT2D eigenvalue weighted by atomic mass is 9.71. The minimum atomic E-state index is -0.628. The first-order valence-corrected chi connectivity index (χ1v) is 5.70. The number of carbonyl (C=O) groups excluding carboxylic acids is 2. The van der Waals surface area contributed by atoms with Crippen molar-refractivity contribution >= 4 is 11.8 Å². The molecule has 3 nitrogen and oxygen atoms in total. The SMILES string of the molecule is C=CCC1(c2ccccc2)CCC(=O)NC1=O. The quantitative estimate of drug-likeness (QED) is 0.636. The van der Waals surface area contributed by atoms with Crippen molar-refractivity contribution in [1.82, 2.24) is 5.32 Å². The molecule has 1 aromatic rings. The van der Waals surface area contributed by atoms with E-state index in [1.54, 1.807) is 6.08 Å². The standard InChI is InChI=1S/C14H15NO2/c1-2-9-14(11-6-4-3-5-7-11)10-8-12(16)15-13(14)17/h2-7H,1,8-10H2,(H,15,16,17). The van der Waals surface area contributed by atoms with E-state index in [0.717, 1.165) is 5.56 Å². The van der Waals surface area contributed by atoms with Crippen molar-refractivity contribution in [2.45, 2.75) is 24.7 Å². The molecule has 88 valence electrons. The van der Waals surface area contributed by atoms with Gasteiger partial charge in [-0.15, -0.1) is 6.58 Å². The Bertz CT molecular complexity index is 453. The second kappa shape index (κ2) is 4.53. The molecule has 0 radical (unpaired) electrons. The van der Waals surface area contributed by atoms with Gasteiger partial charge >= 0.3 is 0 Å². The van der Waals surface area contributed by atoms with E-state index in [0.29, 0.717) is 19.3 Å². The van der Waals surface area contributed by atoms with Crippen LogP contribution in [0.4, 0.5) is 0 Å². The fraction of sp³-hybridized carbons (Fsp3) is 0.286. The first-order chi connectivity index (χ1) is 8.19. The number of rotatable bonds is 3. The molecule has 1 aliphatic rings. The van der Waals surface area contributed by atoms with Gasteiger partial charge in [-0.1, -0.05) is 36.4 Å². The van der Waals surface area contributed by atoms with Crippen molar-refractivity contribution in [2.24, 2.45) is 0 Å². The van der Waals surface area contributed by atoms with Gasteiger partial charge in [0.1, 0.15) is 0 Å². The topological polar surface area (TPSA) is 46.2 Å². The van der Waals surface area contributed by atoms with Gasteiger partial charge in [0.05, 0.1) is 5.41 Å². The van der Waals surface area contributed by atoms with E-state index in [1.165, 1.54) is 0 Å². The highest BCUT2D eigenvalue weighted by molar-refractivity contribution is 6.03. The maximum atomic E-state index is 12.1. The van der Waals surface area contributed by atoms with Crippen LogP contribution < -0.4 is 5.32 Å². The lowest BCUT2D eigenvalue weighted by Gasteiger charge is -2.35. The van der Waals surface area contributed by atoms with Gasteiger partial charge in [-0.3, -0.25) is 14.9 Å². The molecule has 1 fully saturated rings. The van der Waals surface area contributed by atoms with Gasteiger partial charge in [0.15, 0.2) is 0 Å². The lowest BCUT2D eigenvalue weighted by molar-refractivity contribution is -0.137. The van der Waals surface area contributed by atoms with Crippen LogP contribution in [0.2, 0.25) is 0 Å². The predicted molar refractivity (Wildman–Crippen MR) is 65.3 cm³/mol. The number of amides is 2. The summed E-state index contributed by atoms with van der Waals surface area (Å²) in [6.07, 6.45) is 3.22. The Labute approximate surface area is 101 Å². The molecular weight excluding hydrogens is 214 g/mol. The Kier molecular flexibility index (Phi) is 3.09. The van der Waals surface area contributed by atoms with Crippen LogP contribution in [0.25, 0.3) is 0 Å². The molecule has 0 saturated carbocycles. The van der Waals surface area contributed by atoms with Crippen molar-refractivity contribution in [3.05, 3.63) is 48.6 Å². The molecule has 0 spiro atoms. The van der Waals surface area contributed by atoms with Crippen molar-refractivity contribution in [2.75, 3.05) is 0 Å². The number of hydrogen-bond donors (Lipinski definition) is 1. The highest BCUT2D eigenvalue weighted by Gasteiger charge is 2.42. The van der Waals surface area contributed by atoms with E-state index in [9.17, 15) is 9.59 Å². The lowest BCUT2D eigenvalue weighted by Crippen LogP contribution is -2.51. The first-order valence-electron chi connectivity index (χ1n) is 5.70. The van der Waals surface area contributed by atoms with E-state index >= 15 is 0 Å². The molecule has 1 unspecified atom stereocenters. The van der Waals surface area contributed by atoms with Crippen LogP contribution in [0, 0.1) is 0 Å². The number of imide groups is 1. The molecule has 1 aliphatic heterocycles. The van der Waals surface area contributed by atoms with Gasteiger partial charge in [-0.2, -0.15) is 0 Å². The second-order valence-electron chi connectivity index (χ2n) is 4.32. The van der Waals surface area contributed by atoms with Gasteiger partial charge in [-0.05, 0) is 18.4 Å². The molecule has 1 atom stereocenters. The Hall–Kier alpha value is -1.90. The molecule has 0 aromatic heterocycles. The van der Waals surface area contributed by atoms with Crippen LogP contribution in [-0.2, 0) is 15.0 Å². The molecule has 0 aliphatic carbocycles. The third-order valence-electron chi connectivity index (χ3n) is 3.29. The monoisotopic (exact) mass is 229 g/mol.